The number of hydrogen-bond donors (Lipinski definition) is 9. The van der Waals surface area contributed by atoms with E-state index in [2.05, 4.69) is 20.9 Å². The number of amides is 3. The Labute approximate surface area is 218 Å². The topological polar surface area (TPSA) is 273 Å². The smallest absolute Gasteiger partial charge is 0.326 e. The van der Waals surface area contributed by atoms with Gasteiger partial charge in [-0.25, -0.2) is 4.79 Å². The lowest BCUT2D eigenvalue weighted by molar-refractivity contribution is -0.147. The maximum atomic E-state index is 13.2. The Bertz CT molecular complexity index is 999. The fraction of sp³-hybridized carbons (Fsp3) is 0.478. The SMILES string of the molecule is CC(O)C(N)C(=O)NC(CCCN=C(N)N)C(=O)NC(Cc1ccccc1)C(=O)NC(CC(=O)O)C(=O)O. The molecule has 0 saturated carbocycles. The lowest BCUT2D eigenvalue weighted by Crippen LogP contribution is -2.58. The molecule has 0 aliphatic carbocycles. The molecule has 0 aliphatic heterocycles. The molecule has 0 spiro atoms. The van der Waals surface area contributed by atoms with Crippen LogP contribution in [0.25, 0.3) is 0 Å². The second kappa shape index (κ2) is 15.8. The molecule has 15 nitrogen and oxygen atoms in total. The van der Waals surface area contributed by atoms with Crippen LogP contribution in [0.5, 0.6) is 0 Å². The van der Waals surface area contributed by atoms with Crippen LogP contribution in [0.4, 0.5) is 0 Å². The Morgan fingerprint density at radius 2 is 1.45 bits per heavy atom. The first-order chi connectivity index (χ1) is 17.8. The summed E-state index contributed by atoms with van der Waals surface area (Å²) in [6.45, 7) is 1.43. The molecule has 0 radical (unpaired) electrons. The number of guanidine groups is 1. The molecule has 5 atom stereocenters. The molecule has 210 valence electrons. The van der Waals surface area contributed by atoms with Gasteiger partial charge in [0.25, 0.3) is 0 Å². The third kappa shape index (κ3) is 11.7. The van der Waals surface area contributed by atoms with Crippen LogP contribution < -0.4 is 33.2 Å². The van der Waals surface area contributed by atoms with E-state index in [1.807, 2.05) is 0 Å². The van der Waals surface area contributed by atoms with Crippen molar-refractivity contribution >= 4 is 35.6 Å². The van der Waals surface area contributed by atoms with Crippen molar-refractivity contribution in [1.29, 1.82) is 0 Å². The standard InChI is InChI=1S/C23H35N7O8/c1-12(31)18(24)21(36)28-14(8-5-9-27-23(25)26)19(34)29-15(10-13-6-3-2-4-7-13)20(35)30-16(22(37)38)11-17(32)33/h2-4,6-7,12,14-16,18,31H,5,8-11,24H2,1H3,(H,28,36)(H,29,34)(H,30,35)(H,32,33)(H,37,38)(H4,25,26,27). The number of carboxylic acid groups (broad SMARTS) is 2. The third-order valence-corrected chi connectivity index (χ3v) is 5.31. The molecule has 0 aromatic heterocycles. The van der Waals surface area contributed by atoms with Gasteiger partial charge >= 0.3 is 11.9 Å². The Morgan fingerprint density at radius 1 is 0.895 bits per heavy atom. The van der Waals surface area contributed by atoms with E-state index < -0.39 is 66.4 Å². The molecule has 1 aromatic rings. The molecule has 38 heavy (non-hydrogen) atoms. The molecule has 0 fully saturated rings. The van der Waals surface area contributed by atoms with Crippen molar-refractivity contribution in [2.45, 2.75) is 62.9 Å². The number of hydrogen-bond acceptors (Lipinski definition) is 8. The summed E-state index contributed by atoms with van der Waals surface area (Å²) in [7, 11) is 0. The van der Waals surface area contributed by atoms with Crippen molar-refractivity contribution in [2.75, 3.05) is 6.54 Å². The molecule has 15 heteroatoms. The summed E-state index contributed by atoms with van der Waals surface area (Å²) in [5, 5.41) is 34.9. The van der Waals surface area contributed by atoms with E-state index in [1.165, 1.54) is 6.92 Å². The van der Waals surface area contributed by atoms with E-state index in [1.54, 1.807) is 30.3 Å². The molecule has 5 unspecified atom stereocenters. The molecular formula is C23H35N7O8. The minimum atomic E-state index is -1.74. The summed E-state index contributed by atoms with van der Waals surface area (Å²) >= 11 is 0. The van der Waals surface area contributed by atoms with Crippen molar-refractivity contribution < 1.29 is 39.3 Å². The van der Waals surface area contributed by atoms with Gasteiger partial charge in [-0.2, -0.15) is 0 Å². The maximum absolute atomic E-state index is 13.2. The number of aliphatic carboxylic acids is 2. The summed E-state index contributed by atoms with van der Waals surface area (Å²) in [4.78, 5) is 64.9. The summed E-state index contributed by atoms with van der Waals surface area (Å²) < 4.78 is 0. The van der Waals surface area contributed by atoms with Crippen LogP contribution in [0, 0.1) is 0 Å². The third-order valence-electron chi connectivity index (χ3n) is 5.31. The highest BCUT2D eigenvalue weighted by molar-refractivity contribution is 5.94. The number of carbonyl (C=O) groups is 5. The van der Waals surface area contributed by atoms with Crippen LogP contribution in [0.15, 0.2) is 35.3 Å². The van der Waals surface area contributed by atoms with Crippen molar-refractivity contribution in [3.05, 3.63) is 35.9 Å². The second-order valence-electron chi connectivity index (χ2n) is 8.52. The minimum Gasteiger partial charge on any atom is -0.481 e. The molecule has 0 heterocycles. The fourth-order valence-corrected chi connectivity index (χ4v) is 3.24. The molecule has 0 saturated heterocycles. The van der Waals surface area contributed by atoms with Gasteiger partial charge in [-0.15, -0.1) is 0 Å². The van der Waals surface area contributed by atoms with Gasteiger partial charge in [-0.05, 0) is 25.3 Å². The summed E-state index contributed by atoms with van der Waals surface area (Å²) in [6, 6.07) is 2.85. The number of rotatable bonds is 16. The van der Waals surface area contributed by atoms with E-state index in [0.29, 0.717) is 5.56 Å². The number of carboxylic acids is 2. The average Bonchev–Trinajstić information content (AvgIpc) is 2.84. The lowest BCUT2D eigenvalue weighted by Gasteiger charge is -2.25. The number of aliphatic imine (C=N–C) groups is 1. The normalized spacial score (nSPS) is 14.6. The number of nitrogens with zero attached hydrogens (tertiary/aromatic N) is 1. The van der Waals surface area contributed by atoms with E-state index >= 15 is 0 Å². The van der Waals surface area contributed by atoms with Crippen LogP contribution in [-0.2, 0) is 30.4 Å². The number of benzene rings is 1. The molecular weight excluding hydrogens is 502 g/mol. The number of aliphatic hydroxyl groups is 1. The zero-order valence-electron chi connectivity index (χ0n) is 20.9. The molecule has 3 amide bonds. The van der Waals surface area contributed by atoms with Crippen LogP contribution >= 0.6 is 0 Å². The van der Waals surface area contributed by atoms with Gasteiger partial charge in [-0.3, -0.25) is 24.2 Å². The monoisotopic (exact) mass is 537 g/mol. The van der Waals surface area contributed by atoms with Gasteiger partial charge in [0.15, 0.2) is 5.96 Å². The fourth-order valence-electron chi connectivity index (χ4n) is 3.24. The van der Waals surface area contributed by atoms with E-state index in [-0.39, 0.29) is 31.8 Å². The van der Waals surface area contributed by atoms with Gasteiger partial charge in [0.05, 0.1) is 12.5 Å². The molecule has 12 N–H and O–H groups in total. The Kier molecular flexibility index (Phi) is 13.2. The largest absolute Gasteiger partial charge is 0.481 e. The van der Waals surface area contributed by atoms with Gasteiger partial charge in [0.1, 0.15) is 24.2 Å². The first kappa shape index (κ1) is 31.8. The molecule has 0 aliphatic rings. The molecule has 0 bridgehead atoms. The van der Waals surface area contributed by atoms with Crippen molar-refractivity contribution in [3.63, 3.8) is 0 Å². The summed E-state index contributed by atoms with van der Waals surface area (Å²) in [6.07, 6.45) is -1.89. The second-order valence-corrected chi connectivity index (χ2v) is 8.52. The number of carbonyl (C=O) groups excluding carboxylic acids is 3. The van der Waals surface area contributed by atoms with E-state index in [9.17, 15) is 34.2 Å². The summed E-state index contributed by atoms with van der Waals surface area (Å²) in [5.41, 5.74) is 16.9. The average molecular weight is 538 g/mol. The first-order valence-corrected chi connectivity index (χ1v) is 11.7. The zero-order chi connectivity index (χ0) is 28.8. The van der Waals surface area contributed by atoms with Crippen LogP contribution in [0.1, 0.15) is 31.7 Å². The highest BCUT2D eigenvalue weighted by Gasteiger charge is 2.31. The number of nitrogens with one attached hydrogen (secondary N) is 3. The first-order valence-electron chi connectivity index (χ1n) is 11.7. The quantitative estimate of drug-likeness (QED) is 0.0582. The Balaban J connectivity index is 3.17. The zero-order valence-corrected chi connectivity index (χ0v) is 20.9. The highest BCUT2D eigenvalue weighted by Crippen LogP contribution is 2.07. The maximum Gasteiger partial charge on any atom is 0.326 e. The summed E-state index contributed by atoms with van der Waals surface area (Å²) in [5.74, 6) is -5.75. The van der Waals surface area contributed by atoms with Gasteiger partial charge in [-0.1, -0.05) is 30.3 Å². The predicted molar refractivity (Wildman–Crippen MR) is 135 cm³/mol. The van der Waals surface area contributed by atoms with Gasteiger partial charge < -0.3 is 48.5 Å². The van der Waals surface area contributed by atoms with E-state index in [0.717, 1.165) is 0 Å². The number of aliphatic hydroxyl groups excluding tert-OH is 1. The highest BCUT2D eigenvalue weighted by atomic mass is 16.4. The van der Waals surface area contributed by atoms with Crippen LogP contribution in [0.3, 0.4) is 0 Å². The molecule has 1 aromatic carbocycles. The minimum absolute atomic E-state index is 0.0251. The van der Waals surface area contributed by atoms with Crippen LogP contribution in [0.2, 0.25) is 0 Å². The van der Waals surface area contributed by atoms with Crippen molar-refractivity contribution in [3.8, 4) is 0 Å². The van der Waals surface area contributed by atoms with Gasteiger partial charge in [0.2, 0.25) is 17.7 Å². The predicted octanol–water partition coefficient (Wildman–Crippen LogP) is -3.00. The van der Waals surface area contributed by atoms with E-state index in [4.69, 9.17) is 22.3 Å². The Hall–Kier alpha value is -4.24. The lowest BCUT2D eigenvalue weighted by atomic mass is 10.0. The van der Waals surface area contributed by atoms with Crippen molar-refractivity contribution in [2.24, 2.45) is 22.2 Å². The van der Waals surface area contributed by atoms with Crippen molar-refractivity contribution in [1.82, 2.24) is 16.0 Å². The van der Waals surface area contributed by atoms with Crippen LogP contribution in [-0.4, -0.2) is 87.8 Å². The van der Waals surface area contributed by atoms with Gasteiger partial charge in [0, 0.05) is 13.0 Å². The Morgan fingerprint density at radius 3 is 1.97 bits per heavy atom. The number of nitrogens with two attached hydrogens (primary N) is 3. The molecule has 1 rings (SSSR count).